The molecule has 158 valence electrons. The highest BCUT2D eigenvalue weighted by Gasteiger charge is 2.21. The standard InChI is InChI=1S/C23H23ClN6O/c1-16(17-5-3-2-4-6-17)26-23-27-21(29-11-13-31-14-12-29)20-15-25-30(22(20)28-23)19-9-7-18(24)8-10-19/h2-10,15-16H,11-14H2,1H3,(H,26,27,28)/t16-/m0/s1. The van der Waals surface area contributed by atoms with Crippen molar-refractivity contribution in [1.29, 1.82) is 0 Å². The minimum atomic E-state index is 0.0584. The quantitative estimate of drug-likeness (QED) is 0.499. The van der Waals surface area contributed by atoms with Gasteiger partial charge < -0.3 is 15.0 Å². The number of rotatable bonds is 5. The number of hydrogen-bond donors (Lipinski definition) is 1. The van der Waals surface area contributed by atoms with Crippen molar-refractivity contribution in [1.82, 2.24) is 19.7 Å². The number of benzene rings is 2. The first-order chi connectivity index (χ1) is 15.2. The third kappa shape index (κ3) is 4.06. The van der Waals surface area contributed by atoms with Gasteiger partial charge >= 0.3 is 0 Å². The summed E-state index contributed by atoms with van der Waals surface area (Å²) in [5.41, 5.74) is 2.82. The van der Waals surface area contributed by atoms with Crippen molar-refractivity contribution in [3.8, 4) is 5.69 Å². The van der Waals surface area contributed by atoms with Gasteiger partial charge in [-0.1, -0.05) is 41.9 Å². The molecule has 0 saturated carbocycles. The molecule has 7 nitrogen and oxygen atoms in total. The van der Waals surface area contributed by atoms with E-state index >= 15 is 0 Å². The third-order valence-electron chi connectivity index (χ3n) is 5.44. The molecule has 0 unspecified atom stereocenters. The van der Waals surface area contributed by atoms with Gasteiger partial charge in [-0.2, -0.15) is 15.1 Å². The Balaban J connectivity index is 1.59. The van der Waals surface area contributed by atoms with E-state index in [4.69, 9.17) is 26.3 Å². The first kappa shape index (κ1) is 19.8. The Kier molecular flexibility index (Phi) is 5.44. The first-order valence-corrected chi connectivity index (χ1v) is 10.7. The number of morpholine rings is 1. The van der Waals surface area contributed by atoms with E-state index in [1.165, 1.54) is 5.56 Å². The van der Waals surface area contributed by atoms with Crippen LogP contribution in [0.4, 0.5) is 11.8 Å². The lowest BCUT2D eigenvalue weighted by atomic mass is 10.1. The largest absolute Gasteiger partial charge is 0.378 e. The predicted molar refractivity (Wildman–Crippen MR) is 123 cm³/mol. The van der Waals surface area contributed by atoms with Crippen LogP contribution in [0.2, 0.25) is 5.02 Å². The maximum atomic E-state index is 6.08. The van der Waals surface area contributed by atoms with Crippen LogP contribution in [0.1, 0.15) is 18.5 Å². The summed E-state index contributed by atoms with van der Waals surface area (Å²) in [6.45, 7) is 5.03. The van der Waals surface area contributed by atoms with Crippen molar-refractivity contribution >= 4 is 34.4 Å². The molecule has 1 atom stereocenters. The highest BCUT2D eigenvalue weighted by Crippen LogP contribution is 2.29. The van der Waals surface area contributed by atoms with Gasteiger partial charge in [0, 0.05) is 18.1 Å². The number of nitrogens with one attached hydrogen (secondary N) is 1. The average Bonchev–Trinajstić information content (AvgIpc) is 3.24. The molecule has 31 heavy (non-hydrogen) atoms. The summed E-state index contributed by atoms with van der Waals surface area (Å²) in [4.78, 5) is 12.0. The van der Waals surface area contributed by atoms with Crippen molar-refractivity contribution in [2.24, 2.45) is 0 Å². The van der Waals surface area contributed by atoms with Crippen LogP contribution < -0.4 is 10.2 Å². The van der Waals surface area contributed by atoms with Gasteiger partial charge in [0.05, 0.1) is 36.5 Å². The lowest BCUT2D eigenvalue weighted by Gasteiger charge is -2.28. The van der Waals surface area contributed by atoms with Gasteiger partial charge in [0.1, 0.15) is 5.82 Å². The molecule has 8 heteroatoms. The second-order valence-corrected chi connectivity index (χ2v) is 7.95. The summed E-state index contributed by atoms with van der Waals surface area (Å²) in [7, 11) is 0. The summed E-state index contributed by atoms with van der Waals surface area (Å²) in [6, 6.07) is 17.9. The van der Waals surface area contributed by atoms with Crippen LogP contribution in [-0.4, -0.2) is 46.1 Å². The Morgan fingerprint density at radius 2 is 1.74 bits per heavy atom. The summed E-state index contributed by atoms with van der Waals surface area (Å²) in [6.07, 6.45) is 1.83. The van der Waals surface area contributed by atoms with Crippen molar-refractivity contribution in [3.05, 3.63) is 71.4 Å². The Morgan fingerprint density at radius 3 is 2.48 bits per heavy atom. The second kappa shape index (κ2) is 8.53. The highest BCUT2D eigenvalue weighted by molar-refractivity contribution is 6.30. The predicted octanol–water partition coefficient (Wildman–Crippen LogP) is 4.48. The maximum absolute atomic E-state index is 6.08. The number of fused-ring (bicyclic) bond motifs is 1. The fraction of sp³-hybridized carbons (Fsp3) is 0.261. The molecule has 3 heterocycles. The van der Waals surface area contributed by atoms with Crippen LogP contribution in [0.5, 0.6) is 0 Å². The van der Waals surface area contributed by atoms with Gasteiger partial charge in [0.25, 0.3) is 0 Å². The zero-order valence-electron chi connectivity index (χ0n) is 17.2. The molecule has 4 aromatic rings. The fourth-order valence-corrected chi connectivity index (χ4v) is 3.89. The summed E-state index contributed by atoms with van der Waals surface area (Å²) < 4.78 is 7.37. The van der Waals surface area contributed by atoms with Gasteiger partial charge in [0.15, 0.2) is 5.65 Å². The third-order valence-corrected chi connectivity index (χ3v) is 5.69. The van der Waals surface area contributed by atoms with Gasteiger partial charge in [-0.25, -0.2) is 4.68 Å². The smallest absolute Gasteiger partial charge is 0.227 e. The number of halogens is 1. The first-order valence-electron chi connectivity index (χ1n) is 10.3. The minimum Gasteiger partial charge on any atom is -0.378 e. The fourth-order valence-electron chi connectivity index (χ4n) is 3.76. The van der Waals surface area contributed by atoms with E-state index in [2.05, 4.69) is 34.4 Å². The summed E-state index contributed by atoms with van der Waals surface area (Å²) in [5.74, 6) is 1.44. The number of aromatic nitrogens is 4. The van der Waals surface area contributed by atoms with E-state index in [-0.39, 0.29) is 6.04 Å². The van der Waals surface area contributed by atoms with E-state index in [0.29, 0.717) is 24.2 Å². The van der Waals surface area contributed by atoms with Gasteiger partial charge in [-0.15, -0.1) is 0 Å². The molecule has 0 radical (unpaired) electrons. The van der Waals surface area contributed by atoms with Crippen LogP contribution in [0.15, 0.2) is 60.8 Å². The van der Waals surface area contributed by atoms with Crippen molar-refractivity contribution in [2.45, 2.75) is 13.0 Å². The average molecular weight is 435 g/mol. The molecule has 1 N–H and O–H groups in total. The van der Waals surface area contributed by atoms with Gasteiger partial charge in [-0.05, 0) is 36.8 Å². The van der Waals surface area contributed by atoms with Crippen LogP contribution in [0, 0.1) is 0 Å². The molecule has 0 spiro atoms. The molecule has 1 aliphatic heterocycles. The molecule has 5 rings (SSSR count). The number of anilines is 2. The normalized spacial score (nSPS) is 15.2. The molecule has 1 fully saturated rings. The monoisotopic (exact) mass is 434 g/mol. The zero-order chi connectivity index (χ0) is 21.2. The van der Waals surface area contributed by atoms with Crippen LogP contribution in [-0.2, 0) is 4.74 Å². The SMILES string of the molecule is C[C@H](Nc1nc(N2CCOCC2)c2cnn(-c3ccc(Cl)cc3)c2n1)c1ccccc1. The topological polar surface area (TPSA) is 68.1 Å². The van der Waals surface area contributed by atoms with E-state index < -0.39 is 0 Å². The molecule has 0 bridgehead atoms. The maximum Gasteiger partial charge on any atom is 0.227 e. The van der Waals surface area contributed by atoms with Crippen molar-refractivity contribution < 1.29 is 4.74 Å². The zero-order valence-corrected chi connectivity index (χ0v) is 18.0. The van der Waals surface area contributed by atoms with Gasteiger partial charge in [0.2, 0.25) is 5.95 Å². The molecule has 1 aliphatic rings. The Morgan fingerprint density at radius 1 is 1.00 bits per heavy atom. The number of nitrogens with zero attached hydrogens (tertiary/aromatic N) is 5. The van der Waals surface area contributed by atoms with Crippen LogP contribution >= 0.6 is 11.6 Å². The molecule has 2 aromatic carbocycles. The lowest BCUT2D eigenvalue weighted by Crippen LogP contribution is -2.37. The Labute approximate surface area is 185 Å². The lowest BCUT2D eigenvalue weighted by molar-refractivity contribution is 0.122. The second-order valence-electron chi connectivity index (χ2n) is 7.52. The van der Waals surface area contributed by atoms with E-state index in [1.54, 1.807) is 0 Å². The molecule has 2 aromatic heterocycles. The molecule has 1 saturated heterocycles. The Bertz CT molecular complexity index is 1170. The molecule has 0 aliphatic carbocycles. The van der Waals surface area contributed by atoms with Crippen LogP contribution in [0.3, 0.4) is 0 Å². The van der Waals surface area contributed by atoms with E-state index in [9.17, 15) is 0 Å². The van der Waals surface area contributed by atoms with Crippen molar-refractivity contribution in [2.75, 3.05) is 36.5 Å². The van der Waals surface area contributed by atoms with Crippen LogP contribution in [0.25, 0.3) is 16.7 Å². The van der Waals surface area contributed by atoms with E-state index in [0.717, 1.165) is 35.6 Å². The van der Waals surface area contributed by atoms with Gasteiger partial charge in [-0.3, -0.25) is 0 Å². The molecular formula is C23H23ClN6O. The Hall–Kier alpha value is -3.16. The highest BCUT2D eigenvalue weighted by atomic mass is 35.5. The number of ether oxygens (including phenoxy) is 1. The summed E-state index contributed by atoms with van der Waals surface area (Å²) in [5, 5.41) is 9.67. The minimum absolute atomic E-state index is 0.0584. The number of hydrogen-bond acceptors (Lipinski definition) is 6. The van der Waals surface area contributed by atoms with E-state index in [1.807, 2.05) is 53.3 Å². The molecule has 0 amide bonds. The molecular weight excluding hydrogens is 412 g/mol. The van der Waals surface area contributed by atoms with Crippen molar-refractivity contribution in [3.63, 3.8) is 0 Å². The summed E-state index contributed by atoms with van der Waals surface area (Å²) >= 11 is 6.08.